The van der Waals surface area contributed by atoms with Crippen molar-refractivity contribution in [1.29, 1.82) is 0 Å². The minimum Gasteiger partial charge on any atom is -0.478 e. The number of carboxylic acids is 2. The first-order valence-corrected chi connectivity index (χ1v) is 22.5. The van der Waals surface area contributed by atoms with Crippen molar-refractivity contribution in [2.24, 2.45) is 5.14 Å². The second-order valence-electron chi connectivity index (χ2n) is 15.3. The Bertz CT molecular complexity index is 3170. The molecule has 7 rings (SSSR count). The topological polar surface area (TPSA) is 242 Å². The molecule has 0 amide bonds. The molecule has 0 spiro atoms. The summed E-state index contributed by atoms with van der Waals surface area (Å²) in [6, 6.07) is 23.1. The number of aryl methyl sites for hydroxylation is 4. The highest BCUT2D eigenvalue weighted by molar-refractivity contribution is 8.13. The van der Waals surface area contributed by atoms with E-state index >= 15 is 0 Å². The Kier molecular flexibility index (Phi) is 10.6. The van der Waals surface area contributed by atoms with Crippen LogP contribution in [0.25, 0.3) is 0 Å². The first-order chi connectivity index (χ1) is 29.0. The van der Waals surface area contributed by atoms with Gasteiger partial charge in [0.2, 0.25) is 0 Å². The third-order valence-corrected chi connectivity index (χ3v) is 15.2. The normalized spacial score (nSPS) is 13.1. The number of benzene rings is 6. The van der Waals surface area contributed by atoms with Crippen LogP contribution in [0.4, 0.5) is 28.4 Å². The molecule has 62 heavy (non-hydrogen) atoms. The number of nitrogens with two attached hydrogens (primary N) is 1. The first kappa shape index (κ1) is 43.1. The van der Waals surface area contributed by atoms with Gasteiger partial charge in [0.1, 0.15) is 0 Å². The fourth-order valence-corrected chi connectivity index (χ4v) is 12.2. The molecule has 8 N–H and O–H groups in total. The number of carbonyl (C=O) groups is 4. The van der Waals surface area contributed by atoms with Gasteiger partial charge in [0.05, 0.1) is 48.3 Å². The molecule has 0 radical (unpaired) electrons. The van der Waals surface area contributed by atoms with Gasteiger partial charge in [-0.2, -0.15) is 4.21 Å². The number of hydrogen-bond donors (Lipinski definition) is 7. The third-order valence-electron chi connectivity index (χ3n) is 11.0. The lowest BCUT2D eigenvalue weighted by atomic mass is 9.82. The van der Waals surface area contributed by atoms with E-state index in [-0.39, 0.29) is 76.3 Å². The Morgan fingerprint density at radius 3 is 1.63 bits per heavy atom. The van der Waals surface area contributed by atoms with E-state index < -0.39 is 43.1 Å². The third kappa shape index (κ3) is 7.32. The number of carboxylic acid groups (broad SMARTS) is 2. The molecule has 0 aromatic heterocycles. The zero-order chi connectivity index (χ0) is 45.2. The average molecular weight is 875 g/mol. The Morgan fingerprint density at radius 1 is 0.613 bits per heavy atom. The molecule has 0 atom stereocenters. The van der Waals surface area contributed by atoms with Crippen LogP contribution in [-0.2, 0) is 19.6 Å². The van der Waals surface area contributed by atoms with Crippen molar-refractivity contribution in [3.05, 3.63) is 164 Å². The number of ketones is 2. The number of fused-ring (bicyclic) bond motifs is 2. The van der Waals surface area contributed by atoms with E-state index in [0.717, 1.165) is 6.07 Å². The smallest absolute Gasteiger partial charge is 0.335 e. The lowest BCUT2D eigenvalue weighted by molar-refractivity contribution is 0.0686. The van der Waals surface area contributed by atoms with E-state index in [2.05, 4.69) is 15.4 Å². The minimum atomic E-state index is -5.45. The van der Waals surface area contributed by atoms with Crippen molar-refractivity contribution in [1.82, 2.24) is 0 Å². The van der Waals surface area contributed by atoms with Crippen LogP contribution in [0, 0.1) is 41.5 Å². The summed E-state index contributed by atoms with van der Waals surface area (Å²) in [5.74, 6) is -3.52. The quantitative estimate of drug-likeness (QED) is 0.0646. The molecule has 1 aliphatic carbocycles. The van der Waals surface area contributed by atoms with Gasteiger partial charge in [0.15, 0.2) is 11.6 Å². The molecule has 0 saturated heterocycles. The van der Waals surface area contributed by atoms with Gasteiger partial charge in [-0.05, 0) is 123 Å². The van der Waals surface area contributed by atoms with Crippen LogP contribution in [0.1, 0.15) is 85.9 Å². The number of rotatable bonds is 11. The van der Waals surface area contributed by atoms with Crippen molar-refractivity contribution in [3.63, 3.8) is 0 Å². The summed E-state index contributed by atoms with van der Waals surface area (Å²) in [5, 5.41) is 32.0. The van der Waals surface area contributed by atoms with E-state index in [0.29, 0.717) is 33.6 Å². The number of aromatic carboxylic acids is 2. The molecular formula is C46H42N4O10S2. The molecule has 0 fully saturated rings. The van der Waals surface area contributed by atoms with Gasteiger partial charge in [0.25, 0.3) is 10.0 Å². The van der Waals surface area contributed by atoms with E-state index in [9.17, 15) is 46.6 Å². The van der Waals surface area contributed by atoms with Gasteiger partial charge in [0, 0.05) is 28.2 Å². The average Bonchev–Trinajstić information content (AvgIpc) is 3.19. The highest BCUT2D eigenvalue weighted by atomic mass is 32.3. The molecule has 0 bridgehead atoms. The molecule has 6 aromatic rings. The lowest BCUT2D eigenvalue weighted by Crippen LogP contribution is -2.43. The van der Waals surface area contributed by atoms with Crippen LogP contribution in [0.2, 0.25) is 0 Å². The predicted octanol–water partition coefficient (Wildman–Crippen LogP) is 8.58. The Hall–Kier alpha value is -6.98. The maximum absolute atomic E-state index is 14.6. The highest BCUT2D eigenvalue weighted by Crippen LogP contribution is 2.45. The maximum atomic E-state index is 14.6. The maximum Gasteiger partial charge on any atom is 0.335 e. The van der Waals surface area contributed by atoms with Crippen LogP contribution in [0.5, 0.6) is 0 Å². The highest BCUT2D eigenvalue weighted by Gasteiger charge is 2.37. The van der Waals surface area contributed by atoms with Gasteiger partial charge in [-0.25, -0.2) is 23.1 Å². The van der Waals surface area contributed by atoms with Gasteiger partial charge in [-0.1, -0.05) is 58.1 Å². The molecule has 1 aliphatic rings. The van der Waals surface area contributed by atoms with Crippen LogP contribution in [0.3, 0.4) is 0 Å². The van der Waals surface area contributed by atoms with Crippen molar-refractivity contribution < 1.29 is 46.6 Å². The Balaban J connectivity index is 1.37. The van der Waals surface area contributed by atoms with E-state index in [1.165, 1.54) is 42.5 Å². The SMILES string of the molecule is Cc1cc(C)c(S(=O)(=O)Nc2cccc(C(=O)O)c2)c(C)c1Nc1ccc(Nc2c(C)cc(C)c(S(N)(=O)(O)c3cccc(C(=O)O)c3)c2C)c2c1C(=O)c1ccccc1C2=O. The predicted molar refractivity (Wildman–Crippen MR) is 237 cm³/mol. The first-order valence-electron chi connectivity index (χ1n) is 19.0. The molecule has 0 aliphatic heterocycles. The van der Waals surface area contributed by atoms with Crippen molar-refractivity contribution in [2.45, 2.75) is 56.2 Å². The second-order valence-corrected chi connectivity index (χ2v) is 19.8. The van der Waals surface area contributed by atoms with Gasteiger partial charge in [-0.3, -0.25) is 18.9 Å². The van der Waals surface area contributed by atoms with Crippen LogP contribution < -0.4 is 20.5 Å². The molecular weight excluding hydrogens is 833 g/mol. The van der Waals surface area contributed by atoms with Crippen LogP contribution in [0.15, 0.2) is 112 Å². The van der Waals surface area contributed by atoms with E-state index in [1.807, 2.05) is 0 Å². The summed E-state index contributed by atoms with van der Waals surface area (Å²) in [5.41, 5.74) is 3.47. The minimum absolute atomic E-state index is 0.0119. The zero-order valence-corrected chi connectivity index (χ0v) is 36.0. The number of carbonyl (C=O) groups excluding carboxylic acids is 2. The second kappa shape index (κ2) is 15.2. The number of hydrogen-bond acceptors (Lipinski definition) is 9. The summed E-state index contributed by atoms with van der Waals surface area (Å²) in [7, 11) is -9.76. The fourth-order valence-electron chi connectivity index (χ4n) is 8.36. The molecule has 6 aromatic carbocycles. The zero-order valence-electron chi connectivity index (χ0n) is 34.3. The Morgan fingerprint density at radius 2 is 1.10 bits per heavy atom. The standard InChI is InChI=1S/C46H42N4O10S2/c1-23-19-25(3)43(61(57,58)50-31-13-9-11-29(21-31)45(53)54)27(5)39(23)48-35-17-18-36(38-37(35)41(51)33-15-7-8-16-34(33)42(38)52)49-40-24(2)20-26(4)44(28(40)6)62(47,59,60)32-14-10-12-30(22-32)46(55)56/h7-22,48-50H,1-6H3,(H,53,54)(H,55,56)(H3,47,59,60). The van der Waals surface area contributed by atoms with Gasteiger partial charge >= 0.3 is 11.9 Å². The molecule has 318 valence electrons. The molecule has 14 nitrogen and oxygen atoms in total. The van der Waals surface area contributed by atoms with Crippen molar-refractivity contribution >= 4 is 71.5 Å². The van der Waals surface area contributed by atoms with Crippen LogP contribution >= 0.6 is 0 Å². The van der Waals surface area contributed by atoms with Gasteiger partial charge in [-0.15, -0.1) is 0 Å². The Labute approximate surface area is 357 Å². The summed E-state index contributed by atoms with van der Waals surface area (Å²) >= 11 is 0. The lowest BCUT2D eigenvalue weighted by Gasteiger charge is -2.42. The van der Waals surface area contributed by atoms with Crippen LogP contribution in [-0.4, -0.2) is 50.9 Å². The summed E-state index contributed by atoms with van der Waals surface area (Å²) < 4.78 is 57.0. The monoisotopic (exact) mass is 874 g/mol. The van der Waals surface area contributed by atoms with Crippen molar-refractivity contribution in [3.8, 4) is 0 Å². The van der Waals surface area contributed by atoms with E-state index in [4.69, 9.17) is 5.14 Å². The van der Waals surface area contributed by atoms with Crippen molar-refractivity contribution in [2.75, 3.05) is 15.4 Å². The number of nitrogens with one attached hydrogen (secondary N) is 3. The number of anilines is 5. The molecule has 0 heterocycles. The fraction of sp³-hybridized carbons (Fsp3) is 0.130. The van der Waals surface area contributed by atoms with E-state index in [1.54, 1.807) is 90.1 Å². The van der Waals surface area contributed by atoms with Gasteiger partial charge < -0.3 is 20.8 Å². The summed E-state index contributed by atoms with van der Waals surface area (Å²) in [6.45, 7) is 9.92. The molecule has 0 unspecified atom stereocenters. The number of sulfonamides is 1. The molecule has 0 saturated carbocycles. The largest absolute Gasteiger partial charge is 0.478 e. The summed E-state index contributed by atoms with van der Waals surface area (Å²) in [4.78, 5) is 51.9. The summed E-state index contributed by atoms with van der Waals surface area (Å²) in [6.07, 6.45) is 0. The molecule has 16 heteroatoms.